The van der Waals surface area contributed by atoms with Crippen LogP contribution in [0.3, 0.4) is 0 Å². The van der Waals surface area contributed by atoms with Crippen LogP contribution in [-0.2, 0) is 12.8 Å². The fraction of sp³-hybridized carbons (Fsp3) is 0.0476. The first kappa shape index (κ1) is 24.6. The molecule has 0 spiro atoms. The summed E-state index contributed by atoms with van der Waals surface area (Å²) in [6.45, 7) is 0. The zero-order valence-electron chi connectivity index (χ0n) is 24.5. The number of imidazole rings is 1. The topological polar surface area (TPSA) is 30.2 Å². The Bertz CT molecular complexity index is 2580. The number of fused-ring (bicyclic) bond motifs is 4. The van der Waals surface area contributed by atoms with Gasteiger partial charge in [-0.3, -0.25) is 4.40 Å². The molecular weight excluding hydrogens is 546 g/mol. The third kappa shape index (κ3) is 3.64. The summed E-state index contributed by atoms with van der Waals surface area (Å²) in [5.74, 6) is 0.699. The third-order valence-electron chi connectivity index (χ3n) is 9.68. The predicted molar refractivity (Wildman–Crippen MR) is 187 cm³/mol. The molecule has 0 unspecified atom stereocenters. The molecule has 0 aliphatic heterocycles. The van der Waals surface area contributed by atoms with Gasteiger partial charge >= 0.3 is 0 Å². The van der Waals surface area contributed by atoms with E-state index in [-0.39, 0.29) is 0 Å². The third-order valence-corrected chi connectivity index (χ3v) is 9.68. The molecule has 0 amide bonds. The summed E-state index contributed by atoms with van der Waals surface area (Å²) >= 11 is 0. The van der Waals surface area contributed by atoms with Gasteiger partial charge in [-0.1, -0.05) is 103 Å². The molecule has 0 bridgehead atoms. The van der Waals surface area contributed by atoms with Crippen molar-refractivity contribution in [3.05, 3.63) is 150 Å². The average Bonchev–Trinajstić information content (AvgIpc) is 3.50. The van der Waals surface area contributed by atoms with Gasteiger partial charge in [-0.05, 0) is 103 Å². The van der Waals surface area contributed by atoms with Crippen LogP contribution < -0.4 is 0 Å². The van der Waals surface area contributed by atoms with Crippen molar-refractivity contribution >= 4 is 50.2 Å². The van der Waals surface area contributed by atoms with E-state index in [1.54, 1.807) is 6.20 Å². The van der Waals surface area contributed by atoms with Crippen LogP contribution >= 0.6 is 0 Å². The molecule has 45 heavy (non-hydrogen) atoms. The molecule has 2 aliphatic carbocycles. The Hall–Kier alpha value is -5.80. The fourth-order valence-electron chi connectivity index (χ4n) is 7.66. The number of hydrogen-bond acceptors (Lipinski definition) is 2. The Morgan fingerprint density at radius 1 is 0.556 bits per heavy atom. The van der Waals surface area contributed by atoms with E-state index in [1.807, 2.05) is 6.07 Å². The summed E-state index contributed by atoms with van der Waals surface area (Å²) in [5.41, 5.74) is 12.3. The van der Waals surface area contributed by atoms with Gasteiger partial charge in [-0.25, -0.2) is 9.97 Å². The van der Waals surface area contributed by atoms with Gasteiger partial charge in [0.1, 0.15) is 0 Å². The lowest BCUT2D eigenvalue weighted by atomic mass is 9.80. The molecule has 210 valence electrons. The molecule has 0 atom stereocenters. The first-order valence-electron chi connectivity index (χ1n) is 15.6. The van der Waals surface area contributed by atoms with Crippen molar-refractivity contribution in [2.45, 2.75) is 12.8 Å². The van der Waals surface area contributed by atoms with Gasteiger partial charge in [-0.15, -0.1) is 0 Å². The number of allylic oxidation sites excluding steroid dienone is 2. The van der Waals surface area contributed by atoms with E-state index in [9.17, 15) is 0 Å². The van der Waals surface area contributed by atoms with E-state index in [1.165, 1.54) is 65.7 Å². The molecule has 3 heteroatoms. The SMILES string of the molecule is C1=Cc2cccc3c2c(c2c4c(cc(-c5ccc(-c6c(-c7ccc8ccccc8c7)nc7ncccn67)cc5)cc43)C=CC2)C1. The van der Waals surface area contributed by atoms with Crippen LogP contribution in [0.25, 0.3) is 83.9 Å². The molecule has 0 saturated heterocycles. The molecule has 0 radical (unpaired) electrons. The minimum Gasteiger partial charge on any atom is -0.283 e. The average molecular weight is 574 g/mol. The zero-order chi connectivity index (χ0) is 29.5. The minimum atomic E-state index is 0.699. The molecular formula is C42H27N3. The second kappa shape index (κ2) is 9.35. The van der Waals surface area contributed by atoms with Crippen LogP contribution in [0, 0.1) is 0 Å². The van der Waals surface area contributed by atoms with Gasteiger partial charge < -0.3 is 0 Å². The maximum absolute atomic E-state index is 5.01. The maximum Gasteiger partial charge on any atom is 0.234 e. The predicted octanol–water partition coefficient (Wildman–Crippen LogP) is 10.3. The highest BCUT2D eigenvalue weighted by atomic mass is 15.1. The Morgan fingerprint density at radius 3 is 2.18 bits per heavy atom. The molecule has 2 aliphatic rings. The van der Waals surface area contributed by atoms with E-state index in [4.69, 9.17) is 4.98 Å². The molecule has 10 rings (SSSR count). The molecule has 3 nitrogen and oxygen atoms in total. The largest absolute Gasteiger partial charge is 0.283 e. The van der Waals surface area contributed by atoms with Gasteiger partial charge in [0, 0.05) is 23.5 Å². The van der Waals surface area contributed by atoms with Crippen LogP contribution in [0.4, 0.5) is 0 Å². The Morgan fingerprint density at radius 2 is 1.31 bits per heavy atom. The van der Waals surface area contributed by atoms with Crippen molar-refractivity contribution in [3.63, 3.8) is 0 Å². The van der Waals surface area contributed by atoms with Crippen molar-refractivity contribution in [1.82, 2.24) is 14.4 Å². The van der Waals surface area contributed by atoms with Gasteiger partial charge in [0.05, 0.1) is 11.4 Å². The summed E-state index contributed by atoms with van der Waals surface area (Å²) < 4.78 is 2.10. The van der Waals surface area contributed by atoms with Crippen molar-refractivity contribution < 1.29 is 0 Å². The van der Waals surface area contributed by atoms with Crippen molar-refractivity contribution in [2.75, 3.05) is 0 Å². The van der Waals surface area contributed by atoms with E-state index >= 15 is 0 Å². The first-order chi connectivity index (χ1) is 22.3. The van der Waals surface area contributed by atoms with Gasteiger partial charge in [0.15, 0.2) is 0 Å². The molecule has 0 fully saturated rings. The number of rotatable bonds is 3. The summed E-state index contributed by atoms with van der Waals surface area (Å²) in [6.07, 6.45) is 15.1. The van der Waals surface area contributed by atoms with Crippen LogP contribution in [-0.4, -0.2) is 14.4 Å². The molecule has 8 aromatic rings. The van der Waals surface area contributed by atoms with Crippen LogP contribution in [0.2, 0.25) is 0 Å². The van der Waals surface area contributed by atoms with Gasteiger partial charge in [0.2, 0.25) is 5.78 Å². The maximum atomic E-state index is 5.01. The standard InChI is InChI=1S/C42H27N3/c1-2-8-30-23-32(20-17-26(30)7-1)40-41(45-22-6-21-43-42(45)44-40)29-18-15-27(16-19-29)33-24-31-11-5-13-35-34-12-3-9-28-10-4-14-36(38(28)34)37(25-33)39(31)35/h1-11,14-25H,12-13H2. The number of hydrogen-bond donors (Lipinski definition) is 0. The van der Waals surface area contributed by atoms with Gasteiger partial charge in [-0.2, -0.15) is 0 Å². The molecule has 2 heterocycles. The van der Waals surface area contributed by atoms with Gasteiger partial charge in [0.25, 0.3) is 0 Å². The smallest absolute Gasteiger partial charge is 0.234 e. The molecule has 6 aromatic carbocycles. The quantitative estimate of drug-likeness (QED) is 0.197. The second-order valence-electron chi connectivity index (χ2n) is 12.2. The van der Waals surface area contributed by atoms with Crippen molar-refractivity contribution in [2.24, 2.45) is 0 Å². The molecule has 2 aromatic heterocycles. The highest BCUT2D eigenvalue weighted by Crippen LogP contribution is 2.43. The summed E-state index contributed by atoms with van der Waals surface area (Å²) in [7, 11) is 0. The minimum absolute atomic E-state index is 0.699. The second-order valence-corrected chi connectivity index (χ2v) is 12.2. The molecule has 0 N–H and O–H groups in total. The lowest BCUT2D eigenvalue weighted by Gasteiger charge is -2.24. The van der Waals surface area contributed by atoms with Crippen molar-refractivity contribution in [1.29, 1.82) is 0 Å². The lowest BCUT2D eigenvalue weighted by Crippen LogP contribution is -2.04. The molecule has 0 saturated carbocycles. The zero-order valence-corrected chi connectivity index (χ0v) is 24.5. The summed E-state index contributed by atoms with van der Waals surface area (Å²) in [4.78, 5) is 9.60. The highest BCUT2D eigenvalue weighted by molar-refractivity contribution is 6.17. The van der Waals surface area contributed by atoms with E-state index in [0.717, 1.165) is 35.4 Å². The number of nitrogens with zero attached hydrogens (tertiary/aromatic N) is 3. The monoisotopic (exact) mass is 573 g/mol. The Labute approximate surface area is 260 Å². The highest BCUT2D eigenvalue weighted by Gasteiger charge is 2.22. The van der Waals surface area contributed by atoms with Crippen LogP contribution in [0.1, 0.15) is 22.3 Å². The fourth-order valence-corrected chi connectivity index (χ4v) is 7.66. The first-order valence-corrected chi connectivity index (χ1v) is 15.6. The number of benzene rings is 6. The van der Waals surface area contributed by atoms with E-state index < -0.39 is 0 Å². The Kier molecular flexibility index (Phi) is 5.11. The normalized spacial score (nSPS) is 13.4. The van der Waals surface area contributed by atoms with Crippen molar-refractivity contribution in [3.8, 4) is 33.6 Å². The summed E-state index contributed by atoms with van der Waals surface area (Å²) in [5, 5.41) is 7.99. The Balaban J connectivity index is 1.14. The van der Waals surface area contributed by atoms with E-state index in [0.29, 0.717) is 5.78 Å². The van der Waals surface area contributed by atoms with Crippen LogP contribution in [0.15, 0.2) is 128 Å². The number of aromatic nitrogens is 3. The summed E-state index contributed by atoms with van der Waals surface area (Å²) in [6, 6.07) is 37.5. The lowest BCUT2D eigenvalue weighted by molar-refractivity contribution is 1.11. The van der Waals surface area contributed by atoms with E-state index in [2.05, 4.69) is 137 Å². The van der Waals surface area contributed by atoms with Crippen LogP contribution in [0.5, 0.6) is 0 Å².